The van der Waals surface area contributed by atoms with Gasteiger partial charge in [-0.15, -0.1) is 0 Å². The molecule has 0 bridgehead atoms. The fraction of sp³-hybridized carbons (Fsp3) is 0.214. The molecule has 0 atom stereocenters. The molecule has 1 aromatic carbocycles. The van der Waals surface area contributed by atoms with Gasteiger partial charge in [0.25, 0.3) is 5.56 Å². The highest BCUT2D eigenvalue weighted by molar-refractivity contribution is 5.76. The number of ether oxygens (including phenoxy) is 2. The molecule has 0 spiro atoms. The number of rotatable bonds is 4. The van der Waals surface area contributed by atoms with Crippen molar-refractivity contribution >= 4 is 6.03 Å². The predicted molar refractivity (Wildman–Crippen MR) is 78.5 cm³/mol. The van der Waals surface area contributed by atoms with Gasteiger partial charge in [-0.2, -0.15) is 4.39 Å². The minimum absolute atomic E-state index is 0.0270. The Labute approximate surface area is 129 Å². The van der Waals surface area contributed by atoms with E-state index in [0.29, 0.717) is 27.8 Å². The molecule has 1 heterocycles. The molecule has 0 aliphatic heterocycles. The Morgan fingerprint density at radius 2 is 2.04 bits per heavy atom. The fourth-order valence-electron chi connectivity index (χ4n) is 1.85. The van der Waals surface area contributed by atoms with E-state index in [4.69, 9.17) is 9.47 Å². The Morgan fingerprint density at radius 3 is 2.70 bits per heavy atom. The Hall–Kier alpha value is -3.10. The van der Waals surface area contributed by atoms with E-state index in [9.17, 15) is 18.8 Å². The van der Waals surface area contributed by atoms with E-state index in [0.717, 1.165) is 0 Å². The number of aromatic nitrogens is 2. The average Bonchev–Trinajstić information content (AvgIpc) is 2.55. The number of halogens is 1. The zero-order chi connectivity index (χ0) is 17.0. The predicted octanol–water partition coefficient (Wildman–Crippen LogP) is 0.451. The molecule has 0 saturated heterocycles. The van der Waals surface area contributed by atoms with Gasteiger partial charge in [0, 0.05) is 18.2 Å². The van der Waals surface area contributed by atoms with Gasteiger partial charge in [-0.1, -0.05) is 0 Å². The largest absolute Gasteiger partial charge is 0.497 e. The number of amides is 1. The molecule has 122 valence electrons. The average molecular weight is 323 g/mol. The molecule has 0 aliphatic carbocycles. The molecule has 1 aromatic heterocycles. The van der Waals surface area contributed by atoms with Gasteiger partial charge >= 0.3 is 11.7 Å². The molecule has 0 unspecified atom stereocenters. The molecule has 2 aromatic rings. The lowest BCUT2D eigenvalue weighted by Crippen LogP contribution is -2.40. The lowest BCUT2D eigenvalue weighted by molar-refractivity contribution is 0.240. The van der Waals surface area contributed by atoms with E-state index < -0.39 is 23.1 Å². The Bertz CT molecular complexity index is 843. The highest BCUT2D eigenvalue weighted by atomic mass is 19.1. The molecule has 2 N–H and O–H groups in total. The first-order valence-corrected chi connectivity index (χ1v) is 6.47. The topological polar surface area (TPSA) is 102 Å². The van der Waals surface area contributed by atoms with Crippen LogP contribution in [0.4, 0.5) is 9.18 Å². The summed E-state index contributed by atoms with van der Waals surface area (Å²) in [5.74, 6) is -0.178. The van der Waals surface area contributed by atoms with Crippen molar-refractivity contribution in [2.24, 2.45) is 0 Å². The second kappa shape index (κ2) is 6.77. The Balaban J connectivity index is 2.18. The number of nitrogens with one attached hydrogen (secondary N) is 2. The number of carbonyl (C=O) groups excluding carboxylic acids is 1. The second-order valence-corrected chi connectivity index (χ2v) is 4.44. The van der Waals surface area contributed by atoms with E-state index in [1.54, 1.807) is 23.2 Å². The molecule has 9 heteroatoms. The van der Waals surface area contributed by atoms with E-state index in [-0.39, 0.29) is 6.54 Å². The van der Waals surface area contributed by atoms with Crippen molar-refractivity contribution in [1.29, 1.82) is 0 Å². The van der Waals surface area contributed by atoms with Gasteiger partial charge in [0.2, 0.25) is 5.82 Å². The molecular formula is C14H14FN3O5. The first-order chi connectivity index (χ1) is 11.0. The minimum atomic E-state index is -1.23. The first-order valence-electron chi connectivity index (χ1n) is 6.47. The maximum Gasteiger partial charge on any atom is 0.336 e. The van der Waals surface area contributed by atoms with Crippen LogP contribution < -0.4 is 26.0 Å². The standard InChI is InChI=1S/C14H14FN3O5/c1-22-9-4-3-8(11(5-9)23-2)6-16-13(20)18-7-10(15)12(19)17-14(18)21/h3-5,7H,6H2,1-2H3,(H,16,20)(H,17,19,21). The number of hydrogen-bond acceptors (Lipinski definition) is 5. The van der Waals surface area contributed by atoms with Crippen LogP contribution in [0.25, 0.3) is 0 Å². The molecule has 0 aliphatic rings. The lowest BCUT2D eigenvalue weighted by atomic mass is 10.2. The van der Waals surface area contributed by atoms with Crippen molar-refractivity contribution in [1.82, 2.24) is 14.9 Å². The molecule has 0 radical (unpaired) electrons. The van der Waals surface area contributed by atoms with Crippen LogP contribution in [0.15, 0.2) is 34.0 Å². The van der Waals surface area contributed by atoms with Crippen LogP contribution in [-0.2, 0) is 6.54 Å². The third-order valence-corrected chi connectivity index (χ3v) is 3.04. The summed E-state index contributed by atoms with van der Waals surface area (Å²) in [4.78, 5) is 36.0. The molecule has 0 fully saturated rings. The van der Waals surface area contributed by atoms with Gasteiger partial charge in [-0.3, -0.25) is 9.78 Å². The molecule has 1 amide bonds. The lowest BCUT2D eigenvalue weighted by Gasteiger charge is -2.11. The van der Waals surface area contributed by atoms with Crippen molar-refractivity contribution < 1.29 is 18.7 Å². The number of H-pyrrole nitrogens is 1. The normalized spacial score (nSPS) is 10.2. The molecule has 0 saturated carbocycles. The van der Waals surface area contributed by atoms with Crippen LogP contribution in [0.3, 0.4) is 0 Å². The third-order valence-electron chi connectivity index (χ3n) is 3.04. The molecule has 23 heavy (non-hydrogen) atoms. The molecular weight excluding hydrogens is 309 g/mol. The van der Waals surface area contributed by atoms with Gasteiger partial charge in [0.15, 0.2) is 0 Å². The summed E-state index contributed by atoms with van der Waals surface area (Å²) in [6, 6.07) is 4.10. The Morgan fingerprint density at radius 1 is 1.30 bits per heavy atom. The first kappa shape index (κ1) is 16.3. The van der Waals surface area contributed by atoms with Crippen LogP contribution in [-0.4, -0.2) is 29.8 Å². The van der Waals surface area contributed by atoms with Gasteiger partial charge in [-0.05, 0) is 12.1 Å². The summed E-state index contributed by atoms with van der Waals surface area (Å²) in [6.07, 6.45) is 0.530. The number of carbonyl (C=O) groups is 1. The summed E-state index contributed by atoms with van der Waals surface area (Å²) < 4.78 is 23.8. The van der Waals surface area contributed by atoms with Crippen molar-refractivity contribution in [3.63, 3.8) is 0 Å². The van der Waals surface area contributed by atoms with Crippen molar-refractivity contribution in [3.05, 3.63) is 56.6 Å². The quantitative estimate of drug-likeness (QED) is 0.850. The summed E-state index contributed by atoms with van der Waals surface area (Å²) >= 11 is 0. The van der Waals surface area contributed by atoms with E-state index in [1.165, 1.54) is 14.2 Å². The van der Waals surface area contributed by atoms with Crippen LogP contribution in [0.2, 0.25) is 0 Å². The number of methoxy groups -OCH3 is 2. The van der Waals surface area contributed by atoms with Crippen molar-refractivity contribution in [2.45, 2.75) is 6.54 Å². The molecule has 8 nitrogen and oxygen atoms in total. The fourth-order valence-corrected chi connectivity index (χ4v) is 1.85. The van der Waals surface area contributed by atoms with Gasteiger partial charge in [0.1, 0.15) is 11.5 Å². The Kier molecular flexibility index (Phi) is 4.79. The van der Waals surface area contributed by atoms with Gasteiger partial charge < -0.3 is 14.8 Å². The van der Waals surface area contributed by atoms with Crippen LogP contribution in [0.1, 0.15) is 5.56 Å². The smallest absolute Gasteiger partial charge is 0.336 e. The summed E-state index contributed by atoms with van der Waals surface area (Å²) in [7, 11) is 2.97. The summed E-state index contributed by atoms with van der Waals surface area (Å²) in [5, 5.41) is 2.43. The van der Waals surface area contributed by atoms with Crippen LogP contribution >= 0.6 is 0 Å². The highest BCUT2D eigenvalue weighted by Crippen LogP contribution is 2.24. The number of nitrogens with zero attached hydrogens (tertiary/aromatic N) is 1. The van der Waals surface area contributed by atoms with E-state index in [2.05, 4.69) is 5.32 Å². The van der Waals surface area contributed by atoms with Crippen molar-refractivity contribution in [2.75, 3.05) is 14.2 Å². The maximum absolute atomic E-state index is 13.2. The minimum Gasteiger partial charge on any atom is -0.497 e. The van der Waals surface area contributed by atoms with Gasteiger partial charge in [-0.25, -0.2) is 14.2 Å². The maximum atomic E-state index is 13.2. The van der Waals surface area contributed by atoms with Gasteiger partial charge in [0.05, 0.1) is 20.4 Å². The number of benzene rings is 1. The van der Waals surface area contributed by atoms with E-state index in [1.807, 2.05) is 0 Å². The highest BCUT2D eigenvalue weighted by Gasteiger charge is 2.12. The summed E-state index contributed by atoms with van der Waals surface area (Å²) in [5.41, 5.74) is -1.59. The van der Waals surface area contributed by atoms with E-state index >= 15 is 0 Å². The zero-order valence-corrected chi connectivity index (χ0v) is 12.4. The number of aromatic amines is 1. The third kappa shape index (κ3) is 3.57. The zero-order valence-electron chi connectivity index (χ0n) is 12.4. The van der Waals surface area contributed by atoms with Crippen molar-refractivity contribution in [3.8, 4) is 11.5 Å². The second-order valence-electron chi connectivity index (χ2n) is 4.44. The summed E-state index contributed by atoms with van der Waals surface area (Å²) in [6.45, 7) is 0.0270. The molecule has 2 rings (SSSR count). The monoisotopic (exact) mass is 323 g/mol. The van der Waals surface area contributed by atoms with Crippen LogP contribution in [0, 0.1) is 5.82 Å². The number of hydrogen-bond donors (Lipinski definition) is 2. The SMILES string of the molecule is COc1ccc(CNC(=O)n2cc(F)c(=O)[nH]c2=O)c(OC)c1. The van der Waals surface area contributed by atoms with Crippen LogP contribution in [0.5, 0.6) is 11.5 Å².